The number of piperidine rings is 1. The molecule has 27 heavy (non-hydrogen) atoms. The van der Waals surface area contributed by atoms with Crippen LogP contribution in [0.1, 0.15) is 23.2 Å². The lowest BCUT2D eigenvalue weighted by molar-refractivity contribution is -0.203. The van der Waals surface area contributed by atoms with Gasteiger partial charge in [-0.15, -0.1) is 0 Å². The van der Waals surface area contributed by atoms with Gasteiger partial charge in [-0.25, -0.2) is 9.59 Å². The van der Waals surface area contributed by atoms with E-state index < -0.39 is 35.5 Å². The number of carbonyl (C=O) groups excluding carboxylic acids is 3. The van der Waals surface area contributed by atoms with Crippen LogP contribution in [0, 0.1) is 5.41 Å². The van der Waals surface area contributed by atoms with Gasteiger partial charge in [0.1, 0.15) is 6.04 Å². The topological polar surface area (TPSA) is 97.4 Å². The van der Waals surface area contributed by atoms with Crippen LogP contribution in [0.5, 0.6) is 0 Å². The number of rotatable bonds is 5. The van der Waals surface area contributed by atoms with Gasteiger partial charge in [-0.1, -0.05) is 0 Å². The van der Waals surface area contributed by atoms with E-state index in [1.807, 2.05) is 0 Å². The Balaban J connectivity index is 2.28. The third-order valence-corrected chi connectivity index (χ3v) is 5.02. The number of thiol groups is 1. The molecule has 0 aromatic carbocycles. The van der Waals surface area contributed by atoms with Crippen molar-refractivity contribution in [1.82, 2.24) is 15.6 Å². The summed E-state index contributed by atoms with van der Waals surface area (Å²) < 4.78 is 41.4. The van der Waals surface area contributed by atoms with Gasteiger partial charge in [0.2, 0.25) is 0 Å². The highest BCUT2D eigenvalue weighted by Crippen LogP contribution is 2.35. The smallest absolute Gasteiger partial charge is 0.385 e. The Morgan fingerprint density at radius 3 is 2.52 bits per heavy atom. The molecule has 2 rings (SSSR count). The molecule has 1 aliphatic heterocycles. The Labute approximate surface area is 158 Å². The predicted molar refractivity (Wildman–Crippen MR) is 91.0 cm³/mol. The van der Waals surface area contributed by atoms with E-state index in [1.54, 1.807) is 0 Å². The van der Waals surface area contributed by atoms with Crippen LogP contribution in [-0.4, -0.2) is 53.9 Å². The first-order valence-electron chi connectivity index (χ1n) is 8.05. The first-order valence-corrected chi connectivity index (χ1v) is 8.68. The van der Waals surface area contributed by atoms with Gasteiger partial charge in [-0.05, 0) is 43.8 Å². The maximum Gasteiger partial charge on any atom is 0.491 e. The fourth-order valence-corrected chi connectivity index (χ4v) is 3.34. The van der Waals surface area contributed by atoms with E-state index >= 15 is 0 Å². The Bertz CT molecular complexity index is 694. The second-order valence-corrected chi connectivity index (χ2v) is 6.44. The summed E-state index contributed by atoms with van der Waals surface area (Å²) >= 11 is 4.23. The van der Waals surface area contributed by atoms with Crippen LogP contribution in [0.15, 0.2) is 24.5 Å². The van der Waals surface area contributed by atoms with Crippen molar-refractivity contribution in [1.29, 1.82) is 0 Å². The zero-order valence-electron chi connectivity index (χ0n) is 14.1. The molecular formula is C16H18F3N3O4S. The van der Waals surface area contributed by atoms with Crippen molar-refractivity contribution in [3.8, 4) is 0 Å². The number of carbonyl (C=O) groups is 3. The number of pyridine rings is 1. The van der Waals surface area contributed by atoms with Gasteiger partial charge in [0, 0.05) is 17.8 Å². The van der Waals surface area contributed by atoms with Crippen molar-refractivity contribution < 1.29 is 32.3 Å². The Hall–Kier alpha value is -2.14. The van der Waals surface area contributed by atoms with Crippen LogP contribution in [0.4, 0.5) is 13.2 Å². The zero-order chi connectivity index (χ0) is 20.1. The highest BCUT2D eigenvalue weighted by atomic mass is 32.1. The summed E-state index contributed by atoms with van der Waals surface area (Å²) in [6.45, 7) is 0.945. The van der Waals surface area contributed by atoms with Crippen molar-refractivity contribution in [3.05, 3.63) is 30.1 Å². The molecule has 148 valence electrons. The summed E-state index contributed by atoms with van der Waals surface area (Å²) in [6, 6.07) is 1.45. The van der Waals surface area contributed by atoms with Crippen LogP contribution >= 0.6 is 12.6 Å². The number of esters is 2. The summed E-state index contributed by atoms with van der Waals surface area (Å²) in [7, 11) is 0. The van der Waals surface area contributed by atoms with Gasteiger partial charge in [0.05, 0.1) is 5.56 Å². The third kappa shape index (κ3) is 5.19. The fourth-order valence-electron chi connectivity index (χ4n) is 2.84. The minimum Gasteiger partial charge on any atom is -0.385 e. The Morgan fingerprint density at radius 1 is 1.33 bits per heavy atom. The molecule has 0 unspecified atom stereocenters. The van der Waals surface area contributed by atoms with E-state index in [-0.39, 0.29) is 11.3 Å². The first-order chi connectivity index (χ1) is 12.7. The lowest BCUT2D eigenvalue weighted by Crippen LogP contribution is -2.58. The molecule has 0 radical (unpaired) electrons. The Kier molecular flexibility index (Phi) is 6.82. The minimum absolute atomic E-state index is 0.0992. The summed E-state index contributed by atoms with van der Waals surface area (Å²) in [6.07, 6.45) is -1.94. The molecule has 2 N–H and O–H groups in total. The molecule has 1 aliphatic rings. The monoisotopic (exact) mass is 405 g/mol. The maximum atomic E-state index is 12.5. The average Bonchev–Trinajstić information content (AvgIpc) is 2.66. The van der Waals surface area contributed by atoms with E-state index in [2.05, 4.69) is 33.0 Å². The van der Waals surface area contributed by atoms with Gasteiger partial charge >= 0.3 is 18.1 Å². The number of ether oxygens (including phenoxy) is 1. The molecule has 0 bridgehead atoms. The van der Waals surface area contributed by atoms with Gasteiger partial charge in [0.15, 0.2) is 0 Å². The number of halogens is 3. The molecule has 7 nitrogen and oxygen atoms in total. The molecule has 2 heterocycles. The highest BCUT2D eigenvalue weighted by Gasteiger charge is 2.49. The van der Waals surface area contributed by atoms with Crippen molar-refractivity contribution in [2.24, 2.45) is 5.41 Å². The van der Waals surface area contributed by atoms with Crippen molar-refractivity contribution >= 4 is 30.5 Å². The Morgan fingerprint density at radius 2 is 2.00 bits per heavy atom. The lowest BCUT2D eigenvalue weighted by Gasteiger charge is -2.41. The van der Waals surface area contributed by atoms with Gasteiger partial charge in [-0.3, -0.25) is 9.78 Å². The van der Waals surface area contributed by atoms with E-state index in [1.165, 1.54) is 24.5 Å². The molecule has 1 fully saturated rings. The zero-order valence-corrected chi connectivity index (χ0v) is 15.0. The van der Waals surface area contributed by atoms with Gasteiger partial charge in [-0.2, -0.15) is 25.8 Å². The number of hydrogen-bond donors (Lipinski definition) is 3. The molecule has 1 aromatic rings. The first kappa shape index (κ1) is 21.2. The highest BCUT2D eigenvalue weighted by molar-refractivity contribution is 7.80. The van der Waals surface area contributed by atoms with E-state index in [0.717, 1.165) is 0 Å². The van der Waals surface area contributed by atoms with Crippen molar-refractivity contribution in [2.45, 2.75) is 25.1 Å². The molecule has 1 saturated heterocycles. The molecule has 0 spiro atoms. The van der Waals surface area contributed by atoms with Gasteiger partial charge in [0.25, 0.3) is 5.91 Å². The number of hydrogen-bond acceptors (Lipinski definition) is 7. The predicted octanol–water partition coefficient (Wildman–Crippen LogP) is 1.11. The third-order valence-electron chi connectivity index (χ3n) is 4.39. The summed E-state index contributed by atoms with van der Waals surface area (Å²) in [5, 5.41) is 5.46. The molecule has 1 atom stereocenters. The quantitative estimate of drug-likeness (QED) is 0.386. The number of nitrogens with one attached hydrogen (secondary N) is 2. The molecular weight excluding hydrogens is 387 g/mol. The molecule has 1 aromatic heterocycles. The number of amides is 1. The fraction of sp³-hybridized carbons (Fsp3) is 0.500. The molecule has 0 aliphatic carbocycles. The number of aromatic nitrogens is 1. The van der Waals surface area contributed by atoms with E-state index in [4.69, 9.17) is 0 Å². The molecule has 11 heteroatoms. The van der Waals surface area contributed by atoms with Crippen LogP contribution in [0.25, 0.3) is 0 Å². The SMILES string of the molecule is O=C(N[C@H](C(=O)OC(=O)C(F)(F)F)C1(CS)CCNCC1)c1cccnc1. The van der Waals surface area contributed by atoms with Crippen LogP contribution in [-0.2, 0) is 14.3 Å². The second-order valence-electron chi connectivity index (χ2n) is 6.12. The normalized spacial score (nSPS) is 17.6. The van der Waals surface area contributed by atoms with E-state index in [9.17, 15) is 27.6 Å². The van der Waals surface area contributed by atoms with Crippen LogP contribution < -0.4 is 10.6 Å². The van der Waals surface area contributed by atoms with Crippen molar-refractivity contribution in [3.63, 3.8) is 0 Å². The largest absolute Gasteiger partial charge is 0.491 e. The van der Waals surface area contributed by atoms with E-state index in [0.29, 0.717) is 25.9 Å². The summed E-state index contributed by atoms with van der Waals surface area (Å²) in [5.74, 6) is -4.71. The summed E-state index contributed by atoms with van der Waals surface area (Å²) in [4.78, 5) is 39.7. The maximum absolute atomic E-state index is 12.5. The number of alkyl halides is 3. The lowest BCUT2D eigenvalue weighted by atomic mass is 9.74. The number of nitrogens with zero attached hydrogens (tertiary/aromatic N) is 1. The van der Waals surface area contributed by atoms with Crippen molar-refractivity contribution in [2.75, 3.05) is 18.8 Å². The van der Waals surface area contributed by atoms with Crippen LogP contribution in [0.3, 0.4) is 0 Å². The molecule has 1 amide bonds. The van der Waals surface area contributed by atoms with Gasteiger partial charge < -0.3 is 15.4 Å². The standard InChI is InChI=1S/C16H18F3N3O4S/c17-16(18,19)14(25)26-13(24)11(15(9-27)3-6-20-7-4-15)22-12(23)10-2-1-5-21-8-10/h1-2,5,8,11,20,27H,3-4,6-7,9H2,(H,22,23)/t11-/m1/s1. The minimum atomic E-state index is -5.32. The summed E-state index contributed by atoms with van der Waals surface area (Å²) in [5.41, 5.74) is -0.851. The second kappa shape index (κ2) is 8.70. The average molecular weight is 405 g/mol. The molecule has 0 saturated carbocycles. The van der Waals surface area contributed by atoms with Crippen LogP contribution in [0.2, 0.25) is 0 Å².